The van der Waals surface area contributed by atoms with Gasteiger partial charge >= 0.3 is 0 Å². The smallest absolute Gasteiger partial charge is 0.216 e. The highest BCUT2D eigenvalue weighted by atomic mass is 16.5. The maximum atomic E-state index is 5.90. The van der Waals surface area contributed by atoms with E-state index in [-0.39, 0.29) is 0 Å². The lowest BCUT2D eigenvalue weighted by Gasteiger charge is -2.21. The van der Waals surface area contributed by atoms with E-state index >= 15 is 0 Å². The van der Waals surface area contributed by atoms with Crippen LogP contribution in [0.5, 0.6) is 0 Å². The van der Waals surface area contributed by atoms with Crippen LogP contribution < -0.4 is 0 Å². The molecule has 0 spiro atoms. The van der Waals surface area contributed by atoms with Crippen LogP contribution in [-0.4, -0.2) is 18.0 Å². The molecule has 0 unspecified atom stereocenters. The molecule has 2 heteroatoms. The number of hydrogen-bond donors (Lipinski definition) is 0. The van der Waals surface area contributed by atoms with Crippen LogP contribution in [0.2, 0.25) is 0 Å². The molecule has 0 aromatic heterocycles. The van der Waals surface area contributed by atoms with Crippen molar-refractivity contribution >= 4 is 5.90 Å². The zero-order valence-corrected chi connectivity index (χ0v) is 8.73. The Kier molecular flexibility index (Phi) is 2.20. The summed E-state index contributed by atoms with van der Waals surface area (Å²) in [4.78, 5) is 4.67. The van der Waals surface area contributed by atoms with Gasteiger partial charge in [-0.25, -0.2) is 4.99 Å². The molecule has 15 heavy (non-hydrogen) atoms. The Hall–Kier alpha value is -1.31. The molecule has 3 rings (SSSR count). The van der Waals surface area contributed by atoms with E-state index in [1.807, 2.05) is 18.2 Å². The fraction of sp³-hybridized carbons (Fsp3) is 0.462. The molecule has 0 radical (unpaired) electrons. The molecule has 2 atom stereocenters. The van der Waals surface area contributed by atoms with Gasteiger partial charge < -0.3 is 4.74 Å². The molecule has 1 aromatic carbocycles. The average molecular weight is 201 g/mol. The lowest BCUT2D eigenvalue weighted by Crippen LogP contribution is -2.26. The first-order chi connectivity index (χ1) is 7.43. The van der Waals surface area contributed by atoms with E-state index in [0.717, 1.165) is 11.5 Å². The topological polar surface area (TPSA) is 21.6 Å². The quantitative estimate of drug-likeness (QED) is 0.684. The van der Waals surface area contributed by atoms with Gasteiger partial charge in [0.05, 0.1) is 6.04 Å². The van der Waals surface area contributed by atoms with E-state index in [0.29, 0.717) is 12.1 Å². The summed E-state index contributed by atoms with van der Waals surface area (Å²) in [5.41, 5.74) is 1.12. The van der Waals surface area contributed by atoms with Crippen LogP contribution >= 0.6 is 0 Å². The maximum Gasteiger partial charge on any atom is 0.216 e. The standard InChI is InChI=1S/C13H15NO/c1-2-6-10(7-3-1)13-14-11-8-4-5-9-12(11)15-13/h1-3,6-7,11-12H,4-5,8-9H2/t11-,12-/m1/s1. The molecule has 1 aromatic rings. The van der Waals surface area contributed by atoms with Crippen LogP contribution in [0.4, 0.5) is 0 Å². The van der Waals surface area contributed by atoms with Crippen molar-refractivity contribution in [3.63, 3.8) is 0 Å². The van der Waals surface area contributed by atoms with Gasteiger partial charge in [0.1, 0.15) is 6.10 Å². The van der Waals surface area contributed by atoms with Crippen molar-refractivity contribution in [1.29, 1.82) is 0 Å². The maximum absolute atomic E-state index is 5.90. The summed E-state index contributed by atoms with van der Waals surface area (Å²) in [5.74, 6) is 0.854. The summed E-state index contributed by atoms with van der Waals surface area (Å²) < 4.78 is 5.90. The summed E-state index contributed by atoms with van der Waals surface area (Å²) in [6, 6.07) is 10.6. The van der Waals surface area contributed by atoms with Gasteiger partial charge in [0.25, 0.3) is 0 Å². The molecular weight excluding hydrogens is 186 g/mol. The second-order valence-electron chi connectivity index (χ2n) is 4.31. The van der Waals surface area contributed by atoms with Gasteiger partial charge in [0.15, 0.2) is 0 Å². The summed E-state index contributed by atoms with van der Waals surface area (Å²) in [6.07, 6.45) is 5.31. The molecule has 1 aliphatic heterocycles. The number of benzene rings is 1. The van der Waals surface area contributed by atoms with Crippen molar-refractivity contribution in [3.05, 3.63) is 35.9 Å². The third-order valence-corrected chi connectivity index (χ3v) is 3.23. The zero-order chi connectivity index (χ0) is 10.1. The summed E-state index contributed by atoms with van der Waals surface area (Å²) in [7, 11) is 0. The van der Waals surface area contributed by atoms with Crippen molar-refractivity contribution in [1.82, 2.24) is 0 Å². The Morgan fingerprint density at radius 3 is 2.67 bits per heavy atom. The molecule has 0 N–H and O–H groups in total. The number of fused-ring (bicyclic) bond motifs is 1. The Morgan fingerprint density at radius 2 is 1.87 bits per heavy atom. The SMILES string of the molecule is c1ccc(C2=N[C@@H]3CCCC[C@H]3O2)cc1. The third kappa shape index (κ3) is 1.65. The lowest BCUT2D eigenvalue weighted by atomic mass is 9.94. The fourth-order valence-corrected chi connectivity index (χ4v) is 2.41. The molecule has 2 aliphatic rings. The second kappa shape index (κ2) is 3.69. The van der Waals surface area contributed by atoms with Crippen LogP contribution in [0.1, 0.15) is 31.2 Å². The van der Waals surface area contributed by atoms with E-state index in [4.69, 9.17) is 4.74 Å². The lowest BCUT2D eigenvalue weighted by molar-refractivity contribution is 0.153. The van der Waals surface area contributed by atoms with Gasteiger partial charge in [0.2, 0.25) is 5.90 Å². The molecule has 0 amide bonds. The fourth-order valence-electron chi connectivity index (χ4n) is 2.41. The second-order valence-corrected chi connectivity index (χ2v) is 4.31. The Bertz CT molecular complexity index is 371. The van der Waals surface area contributed by atoms with Crippen LogP contribution in [0.3, 0.4) is 0 Å². The van der Waals surface area contributed by atoms with Crippen LogP contribution in [0.25, 0.3) is 0 Å². The number of hydrogen-bond acceptors (Lipinski definition) is 2. The highest BCUT2D eigenvalue weighted by Gasteiger charge is 2.33. The number of rotatable bonds is 1. The monoisotopic (exact) mass is 201 g/mol. The Labute approximate surface area is 90.0 Å². The van der Waals surface area contributed by atoms with Gasteiger partial charge in [-0.05, 0) is 31.4 Å². The first-order valence-electron chi connectivity index (χ1n) is 5.73. The van der Waals surface area contributed by atoms with Crippen LogP contribution in [-0.2, 0) is 4.74 Å². The molecular formula is C13H15NO. The van der Waals surface area contributed by atoms with Gasteiger partial charge in [-0.3, -0.25) is 0 Å². The van der Waals surface area contributed by atoms with E-state index < -0.39 is 0 Å². The highest BCUT2D eigenvalue weighted by Crippen LogP contribution is 2.29. The van der Waals surface area contributed by atoms with Crippen molar-refractivity contribution < 1.29 is 4.74 Å². The summed E-state index contributed by atoms with van der Waals surface area (Å²) >= 11 is 0. The molecule has 1 saturated carbocycles. The highest BCUT2D eigenvalue weighted by molar-refractivity contribution is 5.95. The third-order valence-electron chi connectivity index (χ3n) is 3.23. The normalized spacial score (nSPS) is 29.2. The van der Waals surface area contributed by atoms with Crippen molar-refractivity contribution in [2.75, 3.05) is 0 Å². The van der Waals surface area contributed by atoms with Gasteiger partial charge in [0, 0.05) is 5.56 Å². The van der Waals surface area contributed by atoms with E-state index in [9.17, 15) is 0 Å². The van der Waals surface area contributed by atoms with Crippen molar-refractivity contribution in [2.45, 2.75) is 37.8 Å². The first kappa shape index (κ1) is 8.96. The molecule has 1 heterocycles. The minimum absolute atomic E-state index is 0.356. The van der Waals surface area contributed by atoms with E-state index in [1.165, 1.54) is 25.7 Å². The predicted molar refractivity (Wildman–Crippen MR) is 60.1 cm³/mol. The van der Waals surface area contributed by atoms with E-state index in [1.54, 1.807) is 0 Å². The van der Waals surface area contributed by atoms with Crippen LogP contribution in [0.15, 0.2) is 35.3 Å². The number of aliphatic imine (C=N–C) groups is 1. The zero-order valence-electron chi connectivity index (χ0n) is 8.73. The number of nitrogens with zero attached hydrogens (tertiary/aromatic N) is 1. The predicted octanol–water partition coefficient (Wildman–Crippen LogP) is 2.77. The van der Waals surface area contributed by atoms with Crippen molar-refractivity contribution in [2.24, 2.45) is 4.99 Å². The summed E-state index contributed by atoms with van der Waals surface area (Å²) in [6.45, 7) is 0. The number of ether oxygens (including phenoxy) is 1. The Morgan fingerprint density at radius 1 is 1.07 bits per heavy atom. The molecule has 2 nitrogen and oxygen atoms in total. The van der Waals surface area contributed by atoms with Crippen molar-refractivity contribution in [3.8, 4) is 0 Å². The molecule has 1 fully saturated rings. The minimum Gasteiger partial charge on any atom is -0.472 e. The van der Waals surface area contributed by atoms with Gasteiger partial charge in [-0.1, -0.05) is 24.6 Å². The first-order valence-corrected chi connectivity index (χ1v) is 5.73. The average Bonchev–Trinajstić information content (AvgIpc) is 2.74. The molecule has 0 bridgehead atoms. The van der Waals surface area contributed by atoms with Crippen LogP contribution in [0, 0.1) is 0 Å². The Balaban J connectivity index is 1.84. The molecule has 1 aliphatic carbocycles. The largest absolute Gasteiger partial charge is 0.472 e. The van der Waals surface area contributed by atoms with Gasteiger partial charge in [-0.2, -0.15) is 0 Å². The van der Waals surface area contributed by atoms with E-state index in [2.05, 4.69) is 17.1 Å². The molecule has 0 saturated heterocycles. The minimum atomic E-state index is 0.356. The van der Waals surface area contributed by atoms with Gasteiger partial charge in [-0.15, -0.1) is 0 Å². The summed E-state index contributed by atoms with van der Waals surface area (Å²) in [5, 5.41) is 0. The molecule has 78 valence electrons.